The fourth-order valence-corrected chi connectivity index (χ4v) is 6.13. The van der Waals surface area contributed by atoms with Crippen LogP contribution in [0.3, 0.4) is 0 Å². The van der Waals surface area contributed by atoms with Crippen LogP contribution in [-0.4, -0.2) is 35.1 Å². The fourth-order valence-electron chi connectivity index (χ4n) is 6.13. The van der Waals surface area contributed by atoms with Gasteiger partial charge in [0, 0.05) is 23.1 Å². The van der Waals surface area contributed by atoms with Gasteiger partial charge in [0.25, 0.3) is 0 Å². The molecule has 1 aromatic carbocycles. The minimum Gasteiger partial charge on any atom is -0.464 e. The van der Waals surface area contributed by atoms with Crippen LogP contribution in [0.15, 0.2) is 24.3 Å². The smallest absolute Gasteiger partial charge is 0.329 e. The summed E-state index contributed by atoms with van der Waals surface area (Å²) in [5, 5.41) is 1.34. The number of esters is 1. The molecule has 138 valence electrons. The summed E-state index contributed by atoms with van der Waals surface area (Å²) in [6.45, 7) is 7.02. The summed E-state index contributed by atoms with van der Waals surface area (Å²) < 4.78 is 7.90. The van der Waals surface area contributed by atoms with Crippen molar-refractivity contribution in [1.29, 1.82) is 0 Å². The summed E-state index contributed by atoms with van der Waals surface area (Å²) in [5.74, 6) is -0.0509. The zero-order chi connectivity index (χ0) is 17.9. The van der Waals surface area contributed by atoms with E-state index in [9.17, 15) is 4.79 Å². The molecule has 0 bridgehead atoms. The number of hydrogen-bond donors (Lipinski definition) is 0. The molecule has 0 saturated carbocycles. The highest BCUT2D eigenvalue weighted by molar-refractivity contribution is 5.89. The number of piperidine rings is 1. The SMILES string of the molecule is CCOC(=O)C1C[C@]2(CC)CCCN3CCc4c(n1c1ccccc41)[C@@H]32. The number of benzene rings is 1. The molecular formula is C22H28N2O2. The molecule has 2 aromatic rings. The summed E-state index contributed by atoms with van der Waals surface area (Å²) in [7, 11) is 0. The highest BCUT2D eigenvalue weighted by Crippen LogP contribution is 2.59. The Morgan fingerprint density at radius 1 is 1.27 bits per heavy atom. The van der Waals surface area contributed by atoms with Gasteiger partial charge in [-0.05, 0) is 62.6 Å². The molecule has 1 unspecified atom stereocenters. The van der Waals surface area contributed by atoms with Crippen LogP contribution in [0.1, 0.15) is 62.9 Å². The maximum atomic E-state index is 13.0. The maximum Gasteiger partial charge on any atom is 0.329 e. The van der Waals surface area contributed by atoms with E-state index >= 15 is 0 Å². The molecule has 3 atom stereocenters. The van der Waals surface area contributed by atoms with Gasteiger partial charge in [-0.1, -0.05) is 25.1 Å². The minimum atomic E-state index is -0.183. The number of carbonyl (C=O) groups is 1. The summed E-state index contributed by atoms with van der Waals surface area (Å²) in [6.07, 6.45) is 5.60. The lowest BCUT2D eigenvalue weighted by atomic mass is 9.63. The van der Waals surface area contributed by atoms with Gasteiger partial charge in [0.1, 0.15) is 6.04 Å². The Morgan fingerprint density at radius 2 is 2.12 bits per heavy atom. The van der Waals surface area contributed by atoms with Gasteiger partial charge in [0.05, 0.1) is 12.6 Å². The van der Waals surface area contributed by atoms with Gasteiger partial charge in [0.15, 0.2) is 0 Å². The maximum absolute atomic E-state index is 13.0. The molecule has 3 aliphatic rings. The first-order valence-electron chi connectivity index (χ1n) is 10.2. The van der Waals surface area contributed by atoms with Crippen molar-refractivity contribution in [3.05, 3.63) is 35.5 Å². The second kappa shape index (κ2) is 5.85. The monoisotopic (exact) mass is 352 g/mol. The topological polar surface area (TPSA) is 34.5 Å². The van der Waals surface area contributed by atoms with Crippen LogP contribution < -0.4 is 0 Å². The Hall–Kier alpha value is -1.81. The minimum absolute atomic E-state index is 0.0509. The molecule has 0 radical (unpaired) electrons. The van der Waals surface area contributed by atoms with Gasteiger partial charge in [-0.2, -0.15) is 0 Å². The third kappa shape index (κ3) is 2.02. The van der Waals surface area contributed by atoms with Gasteiger partial charge < -0.3 is 9.30 Å². The zero-order valence-electron chi connectivity index (χ0n) is 15.8. The number of hydrogen-bond acceptors (Lipinski definition) is 3. The molecule has 1 aromatic heterocycles. The van der Waals surface area contributed by atoms with Crippen LogP contribution >= 0.6 is 0 Å². The highest BCUT2D eigenvalue weighted by Gasteiger charge is 2.54. The number of para-hydroxylation sites is 1. The molecule has 0 amide bonds. The second-order valence-corrected chi connectivity index (χ2v) is 8.23. The van der Waals surface area contributed by atoms with Crippen LogP contribution in [0, 0.1) is 5.41 Å². The Morgan fingerprint density at radius 3 is 2.92 bits per heavy atom. The predicted molar refractivity (Wildman–Crippen MR) is 102 cm³/mol. The quantitative estimate of drug-likeness (QED) is 0.775. The first kappa shape index (κ1) is 16.4. The summed E-state index contributed by atoms with van der Waals surface area (Å²) in [6, 6.07) is 8.93. The van der Waals surface area contributed by atoms with Crippen molar-refractivity contribution in [2.45, 2.75) is 58.0 Å². The number of nitrogens with zero attached hydrogens (tertiary/aromatic N) is 2. The van der Waals surface area contributed by atoms with Crippen molar-refractivity contribution < 1.29 is 9.53 Å². The standard InChI is InChI=1S/C22H28N2O2/c1-3-22-11-7-12-23-13-10-16-15-8-5-6-9-17(15)24(19(16)20(22)23)18(14-22)21(25)26-4-2/h5-6,8-9,18,20H,3-4,7,10-14H2,1-2H3/t18?,20-,22+/m1/s1. The largest absolute Gasteiger partial charge is 0.464 e. The number of rotatable bonds is 3. The van der Waals surface area contributed by atoms with E-state index in [0.717, 1.165) is 25.8 Å². The van der Waals surface area contributed by atoms with Crippen LogP contribution in [0.2, 0.25) is 0 Å². The van der Waals surface area contributed by atoms with E-state index in [1.54, 1.807) is 0 Å². The molecule has 3 aliphatic heterocycles. The van der Waals surface area contributed by atoms with E-state index in [2.05, 4.69) is 40.7 Å². The van der Waals surface area contributed by atoms with E-state index in [1.807, 2.05) is 6.92 Å². The van der Waals surface area contributed by atoms with E-state index < -0.39 is 0 Å². The van der Waals surface area contributed by atoms with Crippen LogP contribution in [-0.2, 0) is 16.0 Å². The van der Waals surface area contributed by atoms with E-state index in [0.29, 0.717) is 12.6 Å². The van der Waals surface area contributed by atoms with Crippen molar-refractivity contribution >= 4 is 16.9 Å². The number of ether oxygens (including phenoxy) is 1. The number of carbonyl (C=O) groups excluding carboxylic acids is 1. The Labute approximate surface area is 155 Å². The average molecular weight is 352 g/mol. The molecule has 4 heteroatoms. The Kier molecular flexibility index (Phi) is 3.68. The van der Waals surface area contributed by atoms with Gasteiger partial charge in [-0.15, -0.1) is 0 Å². The molecule has 4 nitrogen and oxygen atoms in total. The van der Waals surface area contributed by atoms with Crippen molar-refractivity contribution in [2.24, 2.45) is 5.41 Å². The van der Waals surface area contributed by atoms with Crippen molar-refractivity contribution in [2.75, 3.05) is 19.7 Å². The van der Waals surface area contributed by atoms with Gasteiger partial charge in [-0.25, -0.2) is 4.79 Å². The van der Waals surface area contributed by atoms with E-state index in [1.165, 1.54) is 41.5 Å². The summed E-state index contributed by atoms with van der Waals surface area (Å²) >= 11 is 0. The third-order valence-corrected chi connectivity index (χ3v) is 7.20. The second-order valence-electron chi connectivity index (χ2n) is 8.23. The first-order valence-corrected chi connectivity index (χ1v) is 10.2. The fraction of sp³-hybridized carbons (Fsp3) is 0.591. The van der Waals surface area contributed by atoms with E-state index in [4.69, 9.17) is 4.74 Å². The molecule has 5 rings (SSSR count). The number of aromatic nitrogens is 1. The lowest BCUT2D eigenvalue weighted by molar-refractivity contribution is -0.151. The normalized spacial score (nSPS) is 30.2. The predicted octanol–water partition coefficient (Wildman–Crippen LogP) is 4.24. The molecule has 26 heavy (non-hydrogen) atoms. The highest BCUT2D eigenvalue weighted by atomic mass is 16.5. The van der Waals surface area contributed by atoms with Crippen LogP contribution in [0.25, 0.3) is 10.9 Å². The van der Waals surface area contributed by atoms with Crippen molar-refractivity contribution in [1.82, 2.24) is 9.47 Å². The Balaban J connectivity index is 1.80. The average Bonchev–Trinajstić information content (AvgIpc) is 3.02. The lowest BCUT2D eigenvalue weighted by Gasteiger charge is -2.56. The zero-order valence-corrected chi connectivity index (χ0v) is 15.8. The van der Waals surface area contributed by atoms with Crippen LogP contribution in [0.5, 0.6) is 0 Å². The van der Waals surface area contributed by atoms with Gasteiger partial charge in [-0.3, -0.25) is 4.90 Å². The molecule has 0 N–H and O–H groups in total. The number of fused-ring (bicyclic) bond motifs is 3. The van der Waals surface area contributed by atoms with Gasteiger partial charge >= 0.3 is 5.97 Å². The van der Waals surface area contributed by atoms with Crippen LogP contribution in [0.4, 0.5) is 0 Å². The molecule has 0 aliphatic carbocycles. The van der Waals surface area contributed by atoms with Crippen molar-refractivity contribution in [3.63, 3.8) is 0 Å². The van der Waals surface area contributed by atoms with E-state index in [-0.39, 0.29) is 17.4 Å². The first-order chi connectivity index (χ1) is 12.7. The molecule has 0 spiro atoms. The molecule has 1 fully saturated rings. The summed E-state index contributed by atoms with van der Waals surface area (Å²) in [5.41, 5.74) is 4.32. The molecule has 1 saturated heterocycles. The Bertz CT molecular complexity index is 870. The third-order valence-electron chi connectivity index (χ3n) is 7.20. The van der Waals surface area contributed by atoms with Gasteiger partial charge in [0.2, 0.25) is 0 Å². The summed E-state index contributed by atoms with van der Waals surface area (Å²) in [4.78, 5) is 15.7. The molecular weight excluding hydrogens is 324 g/mol. The van der Waals surface area contributed by atoms with Crippen molar-refractivity contribution in [3.8, 4) is 0 Å². The molecule has 4 heterocycles. The lowest BCUT2D eigenvalue weighted by Crippen LogP contribution is -2.54.